The number of hydrogen-bond acceptors (Lipinski definition) is 4. The van der Waals surface area contributed by atoms with Gasteiger partial charge in [-0.2, -0.15) is 5.10 Å². The first-order chi connectivity index (χ1) is 10.8. The first-order valence-corrected chi connectivity index (χ1v) is 9.03. The van der Waals surface area contributed by atoms with Crippen molar-refractivity contribution in [3.63, 3.8) is 0 Å². The molecule has 23 heavy (non-hydrogen) atoms. The van der Waals surface area contributed by atoms with E-state index in [1.807, 2.05) is 27.7 Å². The Morgan fingerprint density at radius 1 is 1.30 bits per heavy atom. The number of aryl methyl sites for hydroxylation is 1. The van der Waals surface area contributed by atoms with Crippen molar-refractivity contribution >= 4 is 10.0 Å². The summed E-state index contributed by atoms with van der Waals surface area (Å²) in [5, 5.41) is 4.08. The summed E-state index contributed by atoms with van der Waals surface area (Å²) < 4.78 is 34.9. The largest absolute Gasteiger partial charge is 0.491 e. The number of hydrogen-bond donors (Lipinski definition) is 1. The summed E-state index contributed by atoms with van der Waals surface area (Å²) in [6.45, 7) is 7.98. The van der Waals surface area contributed by atoms with Gasteiger partial charge in [-0.25, -0.2) is 13.1 Å². The van der Waals surface area contributed by atoms with E-state index in [4.69, 9.17) is 4.74 Å². The predicted molar refractivity (Wildman–Crippen MR) is 89.0 cm³/mol. The average Bonchev–Trinajstić information content (AvgIpc) is 2.92. The number of aromatic nitrogens is 2. The maximum absolute atomic E-state index is 12.5. The third-order valence-corrected chi connectivity index (χ3v) is 4.78. The molecule has 0 saturated heterocycles. The normalized spacial score (nSPS) is 13.3. The number of rotatable bonds is 7. The molecule has 7 heteroatoms. The Hall–Kier alpha value is -1.86. The summed E-state index contributed by atoms with van der Waals surface area (Å²) in [7, 11) is -3.58. The van der Waals surface area contributed by atoms with Gasteiger partial charge in [0.15, 0.2) is 0 Å². The van der Waals surface area contributed by atoms with Crippen molar-refractivity contribution < 1.29 is 13.2 Å². The van der Waals surface area contributed by atoms with Gasteiger partial charge in [0.25, 0.3) is 0 Å². The van der Waals surface area contributed by atoms with Crippen LogP contribution in [0.15, 0.2) is 41.6 Å². The van der Waals surface area contributed by atoms with E-state index in [1.54, 1.807) is 41.3 Å². The Labute approximate surface area is 137 Å². The van der Waals surface area contributed by atoms with Gasteiger partial charge in [0.05, 0.1) is 17.5 Å². The Bertz CT molecular complexity index is 740. The van der Waals surface area contributed by atoms with E-state index in [9.17, 15) is 8.42 Å². The molecule has 0 bridgehead atoms. The van der Waals surface area contributed by atoms with Crippen molar-refractivity contribution in [1.29, 1.82) is 0 Å². The number of ether oxygens (including phenoxy) is 1. The average molecular weight is 337 g/mol. The second-order valence-corrected chi connectivity index (χ2v) is 7.56. The summed E-state index contributed by atoms with van der Waals surface area (Å²) >= 11 is 0. The lowest BCUT2D eigenvalue weighted by Crippen LogP contribution is -2.35. The number of sulfonamides is 1. The molecule has 0 saturated carbocycles. The van der Waals surface area contributed by atoms with Crippen LogP contribution in [0.25, 0.3) is 0 Å². The second kappa shape index (κ2) is 7.14. The smallest absolute Gasteiger partial charge is 0.240 e. The first-order valence-electron chi connectivity index (χ1n) is 7.55. The summed E-state index contributed by atoms with van der Waals surface area (Å²) in [6.07, 6.45) is 3.51. The predicted octanol–water partition coefficient (Wildman–Crippen LogP) is 2.35. The Morgan fingerprint density at radius 2 is 2.04 bits per heavy atom. The van der Waals surface area contributed by atoms with E-state index in [-0.39, 0.29) is 17.0 Å². The standard InChI is InChI=1S/C16H23N3O3S/c1-12(2)22-16-7-6-15(10-13(16)3)23(20,21)18-14(4)11-19-9-5-8-17-19/h5-10,12,14,18H,11H2,1-4H3/t14-/m0/s1. The van der Waals surface area contributed by atoms with Crippen molar-refractivity contribution in [3.05, 3.63) is 42.2 Å². The minimum absolute atomic E-state index is 0.0448. The molecule has 0 radical (unpaired) electrons. The molecule has 0 amide bonds. The van der Waals surface area contributed by atoms with Crippen LogP contribution in [0.3, 0.4) is 0 Å². The highest BCUT2D eigenvalue weighted by Gasteiger charge is 2.19. The van der Waals surface area contributed by atoms with Gasteiger partial charge in [-0.15, -0.1) is 0 Å². The maximum atomic E-state index is 12.5. The van der Waals surface area contributed by atoms with Gasteiger partial charge in [-0.1, -0.05) is 0 Å². The maximum Gasteiger partial charge on any atom is 0.240 e. The number of nitrogens with one attached hydrogen (secondary N) is 1. The molecule has 1 N–H and O–H groups in total. The summed E-state index contributed by atoms with van der Waals surface area (Å²) in [5.74, 6) is 0.698. The lowest BCUT2D eigenvalue weighted by Gasteiger charge is -2.16. The molecule has 126 valence electrons. The van der Waals surface area contributed by atoms with Gasteiger partial charge in [0.2, 0.25) is 10.0 Å². The van der Waals surface area contributed by atoms with Crippen molar-refractivity contribution in [2.24, 2.45) is 0 Å². The molecule has 0 unspecified atom stereocenters. The topological polar surface area (TPSA) is 73.2 Å². The fourth-order valence-electron chi connectivity index (χ4n) is 2.23. The van der Waals surface area contributed by atoms with E-state index in [0.717, 1.165) is 5.56 Å². The molecule has 2 aromatic rings. The number of benzene rings is 1. The van der Waals surface area contributed by atoms with E-state index in [1.165, 1.54) is 0 Å². The van der Waals surface area contributed by atoms with Crippen molar-refractivity contribution in [2.45, 2.75) is 51.3 Å². The van der Waals surface area contributed by atoms with Crippen LogP contribution in [-0.4, -0.2) is 30.3 Å². The zero-order valence-electron chi connectivity index (χ0n) is 13.9. The lowest BCUT2D eigenvalue weighted by molar-refractivity contribution is 0.240. The van der Waals surface area contributed by atoms with Crippen LogP contribution in [0.1, 0.15) is 26.3 Å². The molecular formula is C16H23N3O3S. The summed E-state index contributed by atoms with van der Waals surface area (Å²) in [4.78, 5) is 0.235. The third-order valence-electron chi connectivity index (χ3n) is 3.20. The molecular weight excluding hydrogens is 314 g/mol. The van der Waals surface area contributed by atoms with Gasteiger partial charge in [-0.05, 0) is 57.5 Å². The molecule has 1 aromatic carbocycles. The molecule has 6 nitrogen and oxygen atoms in total. The van der Waals surface area contributed by atoms with Gasteiger partial charge in [0.1, 0.15) is 5.75 Å². The summed E-state index contributed by atoms with van der Waals surface area (Å²) in [5.41, 5.74) is 0.793. The minimum Gasteiger partial charge on any atom is -0.491 e. The molecule has 0 aliphatic rings. The monoisotopic (exact) mass is 337 g/mol. The van der Waals surface area contributed by atoms with Crippen LogP contribution in [0.2, 0.25) is 0 Å². The van der Waals surface area contributed by atoms with Crippen LogP contribution in [0, 0.1) is 6.92 Å². The quantitative estimate of drug-likeness (QED) is 0.842. The van der Waals surface area contributed by atoms with E-state index in [0.29, 0.717) is 12.3 Å². The fraction of sp³-hybridized carbons (Fsp3) is 0.438. The highest BCUT2D eigenvalue weighted by Crippen LogP contribution is 2.23. The Balaban J connectivity index is 2.11. The minimum atomic E-state index is -3.58. The highest BCUT2D eigenvalue weighted by atomic mass is 32.2. The van der Waals surface area contributed by atoms with Crippen LogP contribution in [-0.2, 0) is 16.6 Å². The van der Waals surface area contributed by atoms with E-state index in [2.05, 4.69) is 9.82 Å². The van der Waals surface area contributed by atoms with Crippen molar-refractivity contribution in [1.82, 2.24) is 14.5 Å². The van der Waals surface area contributed by atoms with Gasteiger partial charge < -0.3 is 4.74 Å². The highest BCUT2D eigenvalue weighted by molar-refractivity contribution is 7.89. The van der Waals surface area contributed by atoms with E-state index < -0.39 is 10.0 Å². The molecule has 1 atom stereocenters. The van der Waals surface area contributed by atoms with Crippen LogP contribution >= 0.6 is 0 Å². The second-order valence-electron chi connectivity index (χ2n) is 5.84. The van der Waals surface area contributed by atoms with Crippen molar-refractivity contribution in [3.8, 4) is 5.75 Å². The first kappa shape index (κ1) is 17.5. The molecule has 2 rings (SSSR count). The van der Waals surface area contributed by atoms with Gasteiger partial charge >= 0.3 is 0 Å². The lowest BCUT2D eigenvalue weighted by atomic mass is 10.2. The molecule has 0 aliphatic heterocycles. The zero-order valence-corrected chi connectivity index (χ0v) is 14.7. The van der Waals surface area contributed by atoms with Gasteiger partial charge in [-0.3, -0.25) is 4.68 Å². The number of nitrogens with zero attached hydrogens (tertiary/aromatic N) is 2. The zero-order chi connectivity index (χ0) is 17.0. The molecule has 0 aliphatic carbocycles. The van der Waals surface area contributed by atoms with Crippen LogP contribution in [0.4, 0.5) is 0 Å². The molecule has 0 spiro atoms. The van der Waals surface area contributed by atoms with Crippen molar-refractivity contribution in [2.75, 3.05) is 0 Å². The Morgan fingerprint density at radius 3 is 2.61 bits per heavy atom. The fourth-order valence-corrected chi connectivity index (χ4v) is 3.55. The van der Waals surface area contributed by atoms with Crippen LogP contribution in [0.5, 0.6) is 5.75 Å². The molecule has 0 fully saturated rings. The van der Waals surface area contributed by atoms with E-state index >= 15 is 0 Å². The summed E-state index contributed by atoms with van der Waals surface area (Å²) in [6, 6.07) is 6.42. The molecule has 1 heterocycles. The third kappa shape index (κ3) is 4.80. The SMILES string of the molecule is Cc1cc(S(=O)(=O)N[C@@H](C)Cn2cccn2)ccc1OC(C)C. The Kier molecular flexibility index (Phi) is 5.43. The van der Waals surface area contributed by atoms with Gasteiger partial charge in [0, 0.05) is 18.4 Å². The molecule has 1 aromatic heterocycles. The van der Waals surface area contributed by atoms with Crippen LogP contribution < -0.4 is 9.46 Å².